The van der Waals surface area contributed by atoms with Gasteiger partial charge in [0.05, 0.1) is 6.61 Å². The van der Waals surface area contributed by atoms with Gasteiger partial charge in [-0.3, -0.25) is 0 Å². The van der Waals surface area contributed by atoms with Gasteiger partial charge < -0.3 is 15.0 Å². The molecule has 0 radical (unpaired) electrons. The summed E-state index contributed by atoms with van der Waals surface area (Å²) in [6.45, 7) is 6.20. The van der Waals surface area contributed by atoms with Crippen LogP contribution < -0.4 is 5.73 Å². The molecule has 108 valence electrons. The first kappa shape index (κ1) is 14.6. The molecule has 1 aromatic heterocycles. The Hall–Kier alpha value is -1.79. The zero-order chi connectivity index (χ0) is 14.8. The molecule has 0 aliphatic rings. The minimum absolute atomic E-state index is 0.270. The van der Waals surface area contributed by atoms with Gasteiger partial charge >= 0.3 is 0 Å². The number of aromatic nitrogens is 2. The lowest BCUT2D eigenvalue weighted by Gasteiger charge is -2.19. The van der Waals surface area contributed by atoms with E-state index in [0.29, 0.717) is 36.1 Å². The van der Waals surface area contributed by atoms with E-state index in [4.69, 9.17) is 15.0 Å². The van der Waals surface area contributed by atoms with E-state index in [0.717, 1.165) is 0 Å². The number of nitrogens with two attached hydrogens (primary N) is 1. The molecule has 5 nitrogen and oxygen atoms in total. The zero-order valence-corrected chi connectivity index (χ0v) is 11.8. The number of nitrogens with zero attached hydrogens (tertiary/aromatic N) is 2. The third-order valence-corrected chi connectivity index (χ3v) is 2.95. The van der Waals surface area contributed by atoms with Gasteiger partial charge in [-0.2, -0.15) is 4.98 Å². The van der Waals surface area contributed by atoms with Gasteiger partial charge in [-0.05, 0) is 44.5 Å². The van der Waals surface area contributed by atoms with Crippen LogP contribution in [0.25, 0.3) is 11.5 Å². The molecule has 0 bridgehead atoms. The second kappa shape index (κ2) is 5.68. The summed E-state index contributed by atoms with van der Waals surface area (Å²) in [5.74, 6) is 0.410. The molecular formula is C14H18FN3O2. The fraction of sp³-hybridized carbons (Fsp3) is 0.429. The van der Waals surface area contributed by atoms with Crippen LogP contribution in [0.4, 0.5) is 4.39 Å². The Kier molecular flexibility index (Phi) is 4.15. The molecule has 1 aromatic carbocycles. The summed E-state index contributed by atoms with van der Waals surface area (Å²) in [5.41, 5.74) is 6.46. The van der Waals surface area contributed by atoms with Crippen LogP contribution in [0.15, 0.2) is 22.7 Å². The summed E-state index contributed by atoms with van der Waals surface area (Å²) < 4.78 is 23.7. The Labute approximate surface area is 116 Å². The molecule has 0 aliphatic carbocycles. The third-order valence-electron chi connectivity index (χ3n) is 2.95. The molecule has 0 saturated carbocycles. The summed E-state index contributed by atoms with van der Waals surface area (Å²) >= 11 is 0. The average molecular weight is 279 g/mol. The Morgan fingerprint density at radius 1 is 1.45 bits per heavy atom. The first-order chi connectivity index (χ1) is 9.44. The van der Waals surface area contributed by atoms with Gasteiger partial charge in [-0.1, -0.05) is 5.16 Å². The Morgan fingerprint density at radius 3 is 2.85 bits per heavy atom. The van der Waals surface area contributed by atoms with E-state index in [-0.39, 0.29) is 5.82 Å². The average Bonchev–Trinajstić information content (AvgIpc) is 2.90. The maximum atomic E-state index is 13.2. The SMILES string of the molecule is CCOCC(C)(N)c1noc(-c2ccc(F)c(C)c2)n1. The van der Waals surface area contributed by atoms with Gasteiger partial charge in [-0.25, -0.2) is 4.39 Å². The summed E-state index contributed by atoms with van der Waals surface area (Å²) in [6, 6.07) is 4.62. The molecule has 20 heavy (non-hydrogen) atoms. The lowest BCUT2D eigenvalue weighted by Crippen LogP contribution is -2.39. The monoisotopic (exact) mass is 279 g/mol. The smallest absolute Gasteiger partial charge is 0.258 e. The largest absolute Gasteiger partial charge is 0.379 e. The van der Waals surface area contributed by atoms with Crippen molar-refractivity contribution >= 4 is 0 Å². The van der Waals surface area contributed by atoms with Crippen molar-refractivity contribution in [3.8, 4) is 11.5 Å². The standard InChI is InChI=1S/C14H18FN3O2/c1-4-19-8-14(3,16)13-17-12(20-18-13)10-5-6-11(15)9(2)7-10/h5-7H,4,8,16H2,1-3H3. The van der Waals surface area contributed by atoms with Gasteiger partial charge in [0.2, 0.25) is 0 Å². The lowest BCUT2D eigenvalue weighted by molar-refractivity contribution is 0.0962. The highest BCUT2D eigenvalue weighted by Crippen LogP contribution is 2.23. The third kappa shape index (κ3) is 3.02. The van der Waals surface area contributed by atoms with Crippen LogP contribution in [0.3, 0.4) is 0 Å². The van der Waals surface area contributed by atoms with E-state index in [9.17, 15) is 4.39 Å². The van der Waals surface area contributed by atoms with Gasteiger partial charge in [0, 0.05) is 12.2 Å². The van der Waals surface area contributed by atoms with Crippen LogP contribution in [0.1, 0.15) is 25.2 Å². The van der Waals surface area contributed by atoms with E-state index >= 15 is 0 Å². The van der Waals surface area contributed by atoms with E-state index in [1.54, 1.807) is 26.0 Å². The first-order valence-corrected chi connectivity index (χ1v) is 6.41. The molecule has 1 unspecified atom stereocenters. The fourth-order valence-electron chi connectivity index (χ4n) is 1.73. The molecule has 0 spiro atoms. The van der Waals surface area contributed by atoms with Crippen LogP contribution >= 0.6 is 0 Å². The van der Waals surface area contributed by atoms with Crippen molar-refractivity contribution in [3.63, 3.8) is 0 Å². The van der Waals surface area contributed by atoms with Crippen LogP contribution in [-0.2, 0) is 10.3 Å². The van der Waals surface area contributed by atoms with E-state index in [2.05, 4.69) is 10.1 Å². The van der Waals surface area contributed by atoms with E-state index in [1.807, 2.05) is 6.92 Å². The highest BCUT2D eigenvalue weighted by atomic mass is 19.1. The normalized spacial score (nSPS) is 14.2. The molecular weight excluding hydrogens is 261 g/mol. The maximum absolute atomic E-state index is 13.2. The van der Waals surface area contributed by atoms with Crippen molar-refractivity contribution < 1.29 is 13.7 Å². The number of aryl methyl sites for hydroxylation is 1. The van der Waals surface area contributed by atoms with Gasteiger partial charge in [0.25, 0.3) is 5.89 Å². The molecule has 0 aliphatic heterocycles. The van der Waals surface area contributed by atoms with Crippen molar-refractivity contribution in [2.24, 2.45) is 5.73 Å². The summed E-state index contributed by atoms with van der Waals surface area (Å²) in [6.07, 6.45) is 0. The second-order valence-corrected chi connectivity index (χ2v) is 4.94. The number of hydrogen-bond donors (Lipinski definition) is 1. The van der Waals surface area contributed by atoms with Gasteiger partial charge in [-0.15, -0.1) is 0 Å². The zero-order valence-electron chi connectivity index (χ0n) is 11.8. The maximum Gasteiger partial charge on any atom is 0.258 e. The van der Waals surface area contributed by atoms with Crippen LogP contribution in [0.5, 0.6) is 0 Å². The van der Waals surface area contributed by atoms with Crippen LogP contribution in [0.2, 0.25) is 0 Å². The number of ether oxygens (including phenoxy) is 1. The molecule has 1 heterocycles. The molecule has 0 fully saturated rings. The van der Waals surface area contributed by atoms with Crippen molar-refractivity contribution in [2.75, 3.05) is 13.2 Å². The van der Waals surface area contributed by atoms with E-state index in [1.165, 1.54) is 6.07 Å². The molecule has 0 amide bonds. The molecule has 1 atom stereocenters. The Bertz CT molecular complexity index is 596. The number of rotatable bonds is 5. The predicted molar refractivity (Wildman–Crippen MR) is 72.5 cm³/mol. The highest BCUT2D eigenvalue weighted by Gasteiger charge is 2.28. The molecule has 2 rings (SSSR count). The number of hydrogen-bond acceptors (Lipinski definition) is 5. The highest BCUT2D eigenvalue weighted by molar-refractivity contribution is 5.54. The van der Waals surface area contributed by atoms with E-state index < -0.39 is 5.54 Å². The summed E-state index contributed by atoms with van der Waals surface area (Å²) in [5, 5.41) is 3.88. The van der Waals surface area contributed by atoms with Gasteiger partial charge in [0.1, 0.15) is 11.4 Å². The quantitative estimate of drug-likeness (QED) is 0.909. The topological polar surface area (TPSA) is 74.2 Å². The number of benzene rings is 1. The van der Waals surface area contributed by atoms with Crippen LogP contribution in [-0.4, -0.2) is 23.4 Å². The van der Waals surface area contributed by atoms with Crippen molar-refractivity contribution in [1.29, 1.82) is 0 Å². The Balaban J connectivity index is 2.26. The molecule has 2 aromatic rings. The first-order valence-electron chi connectivity index (χ1n) is 6.41. The second-order valence-electron chi connectivity index (χ2n) is 4.94. The fourth-order valence-corrected chi connectivity index (χ4v) is 1.73. The lowest BCUT2D eigenvalue weighted by atomic mass is 10.1. The Morgan fingerprint density at radius 2 is 2.20 bits per heavy atom. The predicted octanol–water partition coefficient (Wildman–Crippen LogP) is 2.39. The molecule has 0 saturated heterocycles. The summed E-state index contributed by atoms with van der Waals surface area (Å²) in [7, 11) is 0. The minimum atomic E-state index is -0.827. The summed E-state index contributed by atoms with van der Waals surface area (Å²) in [4.78, 5) is 4.27. The van der Waals surface area contributed by atoms with Crippen molar-refractivity contribution in [2.45, 2.75) is 26.3 Å². The van der Waals surface area contributed by atoms with Crippen molar-refractivity contribution in [3.05, 3.63) is 35.4 Å². The van der Waals surface area contributed by atoms with Gasteiger partial charge in [0.15, 0.2) is 5.82 Å². The molecule has 6 heteroatoms. The number of halogens is 1. The van der Waals surface area contributed by atoms with Crippen molar-refractivity contribution in [1.82, 2.24) is 10.1 Å². The minimum Gasteiger partial charge on any atom is -0.379 e. The van der Waals surface area contributed by atoms with Crippen LogP contribution in [0, 0.1) is 12.7 Å². The molecule has 2 N–H and O–H groups in total.